The molecule has 3 N–H and O–H groups in total. The molecule has 1 aromatic rings. The first-order valence-electron chi connectivity index (χ1n) is 3.02. The first-order chi connectivity index (χ1) is 4.83. The highest BCUT2D eigenvalue weighted by Crippen LogP contribution is 2.12. The lowest BCUT2D eigenvalue weighted by molar-refractivity contribution is 1.14. The van der Waals surface area contributed by atoms with Crippen molar-refractivity contribution in [1.29, 1.82) is 0 Å². The second kappa shape index (κ2) is 3.44. The van der Waals surface area contributed by atoms with E-state index < -0.39 is 0 Å². The number of anilines is 1. The third-order valence-corrected chi connectivity index (χ3v) is 1.40. The molecule has 0 aliphatic rings. The van der Waals surface area contributed by atoms with Gasteiger partial charge in [-0.05, 0) is 24.3 Å². The van der Waals surface area contributed by atoms with Gasteiger partial charge in [-0.3, -0.25) is 0 Å². The SMILES string of the molecule is NCNc1ccc(Cl)cc1. The Bertz CT molecular complexity index is 195. The van der Waals surface area contributed by atoms with E-state index in [1.807, 2.05) is 24.3 Å². The average molecular weight is 157 g/mol. The summed E-state index contributed by atoms with van der Waals surface area (Å²) >= 11 is 5.65. The summed E-state index contributed by atoms with van der Waals surface area (Å²) in [4.78, 5) is 0. The van der Waals surface area contributed by atoms with Gasteiger partial charge in [0.05, 0.1) is 6.67 Å². The van der Waals surface area contributed by atoms with Gasteiger partial charge in [0, 0.05) is 10.7 Å². The molecule has 0 atom stereocenters. The summed E-state index contributed by atoms with van der Waals surface area (Å²) in [6, 6.07) is 7.41. The van der Waals surface area contributed by atoms with Crippen LogP contribution in [-0.2, 0) is 0 Å². The second-order valence-electron chi connectivity index (χ2n) is 1.89. The molecule has 0 saturated carbocycles. The van der Waals surface area contributed by atoms with Crippen LogP contribution in [0.3, 0.4) is 0 Å². The van der Waals surface area contributed by atoms with Crippen LogP contribution < -0.4 is 11.1 Å². The fourth-order valence-electron chi connectivity index (χ4n) is 0.686. The Morgan fingerprint density at radius 3 is 2.40 bits per heavy atom. The van der Waals surface area contributed by atoms with Crippen LogP contribution >= 0.6 is 11.6 Å². The Morgan fingerprint density at radius 1 is 1.30 bits per heavy atom. The molecule has 0 aromatic heterocycles. The van der Waals surface area contributed by atoms with Crippen molar-refractivity contribution in [2.45, 2.75) is 0 Å². The minimum absolute atomic E-state index is 0.446. The number of nitrogens with one attached hydrogen (secondary N) is 1. The minimum Gasteiger partial charge on any atom is -0.373 e. The van der Waals surface area contributed by atoms with Gasteiger partial charge in [0.25, 0.3) is 0 Å². The molecule has 0 bridgehead atoms. The summed E-state index contributed by atoms with van der Waals surface area (Å²) in [7, 11) is 0. The van der Waals surface area contributed by atoms with Crippen LogP contribution in [0.4, 0.5) is 5.69 Å². The topological polar surface area (TPSA) is 38.0 Å². The molecule has 3 heteroatoms. The van der Waals surface area contributed by atoms with E-state index in [9.17, 15) is 0 Å². The molecule has 54 valence electrons. The normalized spacial score (nSPS) is 9.40. The van der Waals surface area contributed by atoms with Crippen molar-refractivity contribution in [1.82, 2.24) is 0 Å². The second-order valence-corrected chi connectivity index (χ2v) is 2.32. The lowest BCUT2D eigenvalue weighted by Crippen LogP contribution is -2.10. The van der Waals surface area contributed by atoms with Gasteiger partial charge in [-0.1, -0.05) is 11.6 Å². The fraction of sp³-hybridized carbons (Fsp3) is 0.143. The van der Waals surface area contributed by atoms with Crippen molar-refractivity contribution >= 4 is 17.3 Å². The zero-order chi connectivity index (χ0) is 7.40. The molecule has 0 saturated heterocycles. The standard InChI is InChI=1S/C7H9ClN2/c8-6-1-3-7(4-2-6)10-5-9/h1-4,10H,5,9H2. The Labute approximate surface area is 65.0 Å². The molecule has 0 amide bonds. The highest BCUT2D eigenvalue weighted by Gasteiger charge is 1.87. The van der Waals surface area contributed by atoms with E-state index in [1.165, 1.54) is 0 Å². The summed E-state index contributed by atoms with van der Waals surface area (Å²) in [5.74, 6) is 0. The number of halogens is 1. The molecule has 0 aliphatic heterocycles. The van der Waals surface area contributed by atoms with Gasteiger partial charge in [0.1, 0.15) is 0 Å². The number of hydrogen-bond acceptors (Lipinski definition) is 2. The van der Waals surface area contributed by atoms with Crippen LogP contribution in [0.15, 0.2) is 24.3 Å². The van der Waals surface area contributed by atoms with Crippen molar-refractivity contribution in [2.75, 3.05) is 12.0 Å². The molecule has 10 heavy (non-hydrogen) atoms. The largest absolute Gasteiger partial charge is 0.373 e. The molecular weight excluding hydrogens is 148 g/mol. The van der Waals surface area contributed by atoms with E-state index in [0.717, 1.165) is 10.7 Å². The number of nitrogens with two attached hydrogens (primary N) is 1. The third kappa shape index (κ3) is 1.90. The Morgan fingerprint density at radius 2 is 1.90 bits per heavy atom. The fourth-order valence-corrected chi connectivity index (χ4v) is 0.812. The molecule has 0 aliphatic carbocycles. The molecule has 0 radical (unpaired) electrons. The van der Waals surface area contributed by atoms with E-state index in [0.29, 0.717) is 6.67 Å². The van der Waals surface area contributed by atoms with E-state index in [2.05, 4.69) is 5.32 Å². The predicted octanol–water partition coefficient (Wildman–Crippen LogP) is 1.67. The van der Waals surface area contributed by atoms with Crippen molar-refractivity contribution in [2.24, 2.45) is 5.73 Å². The molecule has 0 heterocycles. The smallest absolute Gasteiger partial charge is 0.0628 e. The Kier molecular flexibility index (Phi) is 2.54. The van der Waals surface area contributed by atoms with Gasteiger partial charge in [0.2, 0.25) is 0 Å². The lowest BCUT2D eigenvalue weighted by atomic mass is 10.3. The molecule has 0 unspecified atom stereocenters. The lowest BCUT2D eigenvalue weighted by Gasteiger charge is -2.00. The highest BCUT2D eigenvalue weighted by molar-refractivity contribution is 6.30. The highest BCUT2D eigenvalue weighted by atomic mass is 35.5. The molecule has 0 fully saturated rings. The van der Waals surface area contributed by atoms with Crippen molar-refractivity contribution in [3.8, 4) is 0 Å². The maximum absolute atomic E-state index is 5.65. The maximum Gasteiger partial charge on any atom is 0.0628 e. The van der Waals surface area contributed by atoms with Crippen LogP contribution in [-0.4, -0.2) is 6.67 Å². The molecular formula is C7H9ClN2. The van der Waals surface area contributed by atoms with Crippen LogP contribution in [0, 0.1) is 0 Å². The molecule has 0 spiro atoms. The van der Waals surface area contributed by atoms with E-state index >= 15 is 0 Å². The average Bonchev–Trinajstić information content (AvgIpc) is 1.95. The van der Waals surface area contributed by atoms with Gasteiger partial charge in [-0.2, -0.15) is 0 Å². The van der Waals surface area contributed by atoms with E-state index in [1.54, 1.807) is 0 Å². The van der Waals surface area contributed by atoms with Gasteiger partial charge in [-0.25, -0.2) is 0 Å². The third-order valence-electron chi connectivity index (χ3n) is 1.15. The van der Waals surface area contributed by atoms with Gasteiger partial charge in [0.15, 0.2) is 0 Å². The molecule has 2 nitrogen and oxygen atoms in total. The quantitative estimate of drug-likeness (QED) is 0.640. The van der Waals surface area contributed by atoms with E-state index in [4.69, 9.17) is 17.3 Å². The zero-order valence-electron chi connectivity index (χ0n) is 5.47. The summed E-state index contributed by atoms with van der Waals surface area (Å²) in [6.07, 6.45) is 0. The van der Waals surface area contributed by atoms with Gasteiger partial charge < -0.3 is 11.1 Å². The first-order valence-corrected chi connectivity index (χ1v) is 3.40. The van der Waals surface area contributed by atoms with Crippen LogP contribution in [0.2, 0.25) is 5.02 Å². The number of hydrogen-bond donors (Lipinski definition) is 2. The summed E-state index contributed by atoms with van der Waals surface area (Å²) in [5.41, 5.74) is 6.25. The molecule has 1 aromatic carbocycles. The summed E-state index contributed by atoms with van der Waals surface area (Å²) in [5, 5.41) is 3.69. The first kappa shape index (κ1) is 7.38. The summed E-state index contributed by atoms with van der Waals surface area (Å²) < 4.78 is 0. The monoisotopic (exact) mass is 156 g/mol. The zero-order valence-corrected chi connectivity index (χ0v) is 6.23. The maximum atomic E-state index is 5.65. The number of rotatable bonds is 2. The predicted molar refractivity (Wildman–Crippen MR) is 44.1 cm³/mol. The van der Waals surface area contributed by atoms with Gasteiger partial charge in [-0.15, -0.1) is 0 Å². The van der Waals surface area contributed by atoms with Crippen LogP contribution in [0.25, 0.3) is 0 Å². The minimum atomic E-state index is 0.446. The molecule has 1 rings (SSSR count). The Hall–Kier alpha value is -0.730. The Balaban J connectivity index is 2.69. The summed E-state index contributed by atoms with van der Waals surface area (Å²) in [6.45, 7) is 0.446. The van der Waals surface area contributed by atoms with Crippen LogP contribution in [0.1, 0.15) is 0 Å². The van der Waals surface area contributed by atoms with Crippen molar-refractivity contribution in [3.05, 3.63) is 29.3 Å². The van der Waals surface area contributed by atoms with Gasteiger partial charge >= 0.3 is 0 Å². The van der Waals surface area contributed by atoms with Crippen molar-refractivity contribution in [3.63, 3.8) is 0 Å². The van der Waals surface area contributed by atoms with Crippen molar-refractivity contribution < 1.29 is 0 Å². The number of benzene rings is 1. The van der Waals surface area contributed by atoms with E-state index in [-0.39, 0.29) is 0 Å². The van der Waals surface area contributed by atoms with Crippen LogP contribution in [0.5, 0.6) is 0 Å².